The predicted molar refractivity (Wildman–Crippen MR) is 59.2 cm³/mol. The van der Waals surface area contributed by atoms with Gasteiger partial charge < -0.3 is 8.85 Å². The quantitative estimate of drug-likeness (QED) is 0.433. The third-order valence-corrected chi connectivity index (χ3v) is 6.68. The maximum Gasteiger partial charge on any atom is 0.164 e. The van der Waals surface area contributed by atoms with Gasteiger partial charge in [0.25, 0.3) is 0 Å². The summed E-state index contributed by atoms with van der Waals surface area (Å²) < 4.78 is 11.0. The van der Waals surface area contributed by atoms with Gasteiger partial charge >= 0.3 is 0 Å². The number of hydrogen-bond acceptors (Lipinski definition) is 2. The Labute approximate surface area is 80.9 Å². The van der Waals surface area contributed by atoms with Gasteiger partial charge in [0.15, 0.2) is 19.5 Å². The van der Waals surface area contributed by atoms with Crippen molar-refractivity contribution in [2.24, 2.45) is 0 Å². The lowest BCUT2D eigenvalue weighted by Crippen LogP contribution is -2.11. The van der Waals surface area contributed by atoms with Gasteiger partial charge in [-0.1, -0.05) is 13.3 Å². The normalized spacial score (nSPS) is 15.2. The third-order valence-electron chi connectivity index (χ3n) is 2.01. The van der Waals surface area contributed by atoms with Crippen molar-refractivity contribution in [1.82, 2.24) is 0 Å². The van der Waals surface area contributed by atoms with Gasteiger partial charge in [0.05, 0.1) is 0 Å². The summed E-state index contributed by atoms with van der Waals surface area (Å²) >= 11 is 0. The second kappa shape index (κ2) is 9.44. The minimum absolute atomic E-state index is 0.220. The Morgan fingerprint density at radius 1 is 1.08 bits per heavy atom. The molecule has 0 radical (unpaired) electrons. The molecule has 0 aromatic rings. The molecule has 0 amide bonds. The molecule has 74 valence electrons. The maximum absolute atomic E-state index is 5.52. The van der Waals surface area contributed by atoms with E-state index in [2.05, 4.69) is 20.8 Å². The molecule has 1 unspecified atom stereocenters. The van der Waals surface area contributed by atoms with Gasteiger partial charge in [0, 0.05) is 13.2 Å². The fraction of sp³-hybridized carbons (Fsp3) is 1.00. The van der Waals surface area contributed by atoms with Crippen LogP contribution >= 0.6 is 0 Å². The minimum Gasteiger partial charge on any atom is -0.424 e. The van der Waals surface area contributed by atoms with Crippen molar-refractivity contribution in [1.29, 1.82) is 0 Å². The van der Waals surface area contributed by atoms with E-state index < -0.39 is 0 Å². The SMILES string of the molecule is CCO[SiH2]CC(CC)[SiH2]OCC. The number of rotatable bonds is 8. The van der Waals surface area contributed by atoms with Gasteiger partial charge in [0.1, 0.15) is 0 Å². The van der Waals surface area contributed by atoms with E-state index in [-0.39, 0.29) is 19.5 Å². The highest BCUT2D eigenvalue weighted by molar-refractivity contribution is 6.36. The lowest BCUT2D eigenvalue weighted by molar-refractivity contribution is 0.345. The minimum atomic E-state index is -0.248. The Hall–Kier alpha value is 0.354. The standard InChI is InChI=1S/C8H22O2Si2/c1-4-8(12-10-6-3)7-11-9-5-2/h8H,4-7,11-12H2,1-3H3. The van der Waals surface area contributed by atoms with Gasteiger partial charge in [-0.25, -0.2) is 0 Å². The summed E-state index contributed by atoms with van der Waals surface area (Å²) in [6.07, 6.45) is 1.28. The van der Waals surface area contributed by atoms with E-state index in [1.807, 2.05) is 0 Å². The van der Waals surface area contributed by atoms with Crippen molar-refractivity contribution in [2.45, 2.75) is 38.8 Å². The largest absolute Gasteiger partial charge is 0.424 e. The summed E-state index contributed by atoms with van der Waals surface area (Å²) in [7, 11) is -0.468. The van der Waals surface area contributed by atoms with E-state index in [0.29, 0.717) is 0 Å². The topological polar surface area (TPSA) is 18.5 Å². The van der Waals surface area contributed by atoms with Crippen molar-refractivity contribution in [3.8, 4) is 0 Å². The Bertz CT molecular complexity index is 91.1. The van der Waals surface area contributed by atoms with Crippen molar-refractivity contribution in [3.05, 3.63) is 0 Å². The lowest BCUT2D eigenvalue weighted by Gasteiger charge is -2.12. The second-order valence-corrected chi connectivity index (χ2v) is 6.21. The molecular weight excluding hydrogens is 184 g/mol. The van der Waals surface area contributed by atoms with Gasteiger partial charge in [-0.2, -0.15) is 0 Å². The van der Waals surface area contributed by atoms with Gasteiger partial charge in [-0.05, 0) is 25.4 Å². The summed E-state index contributed by atoms with van der Waals surface area (Å²) in [5, 5.41) is 0. The van der Waals surface area contributed by atoms with Gasteiger partial charge in [0.2, 0.25) is 0 Å². The molecular formula is C8H22O2Si2. The molecule has 0 saturated heterocycles. The van der Waals surface area contributed by atoms with E-state index in [4.69, 9.17) is 8.85 Å². The molecule has 0 N–H and O–H groups in total. The van der Waals surface area contributed by atoms with Gasteiger partial charge in [-0.15, -0.1) is 0 Å². The summed E-state index contributed by atoms with van der Waals surface area (Å²) in [5.41, 5.74) is 0.878. The van der Waals surface area contributed by atoms with Crippen LogP contribution in [0.1, 0.15) is 27.2 Å². The molecule has 2 nitrogen and oxygen atoms in total. The van der Waals surface area contributed by atoms with Crippen LogP contribution in [0.15, 0.2) is 0 Å². The molecule has 0 saturated carbocycles. The average molecular weight is 206 g/mol. The molecule has 0 spiro atoms. The molecule has 4 heteroatoms. The zero-order chi connectivity index (χ0) is 9.23. The highest BCUT2D eigenvalue weighted by Crippen LogP contribution is 2.14. The Kier molecular flexibility index (Phi) is 9.72. The van der Waals surface area contributed by atoms with Gasteiger partial charge in [-0.3, -0.25) is 0 Å². The first-order valence-electron chi connectivity index (χ1n) is 5.00. The van der Waals surface area contributed by atoms with E-state index >= 15 is 0 Å². The average Bonchev–Trinajstić information content (AvgIpc) is 2.11. The smallest absolute Gasteiger partial charge is 0.164 e. The van der Waals surface area contributed by atoms with Crippen LogP contribution in [0.5, 0.6) is 0 Å². The highest BCUT2D eigenvalue weighted by Gasteiger charge is 2.06. The van der Waals surface area contributed by atoms with Crippen molar-refractivity contribution >= 4 is 19.5 Å². The van der Waals surface area contributed by atoms with Crippen molar-refractivity contribution < 1.29 is 8.85 Å². The fourth-order valence-corrected chi connectivity index (χ4v) is 4.25. The zero-order valence-corrected chi connectivity index (χ0v) is 11.5. The Morgan fingerprint density at radius 3 is 2.25 bits per heavy atom. The van der Waals surface area contributed by atoms with Crippen LogP contribution in [0.3, 0.4) is 0 Å². The van der Waals surface area contributed by atoms with Crippen molar-refractivity contribution in [3.63, 3.8) is 0 Å². The van der Waals surface area contributed by atoms with Crippen LogP contribution < -0.4 is 0 Å². The monoisotopic (exact) mass is 206 g/mol. The van der Waals surface area contributed by atoms with Crippen molar-refractivity contribution in [2.75, 3.05) is 13.2 Å². The highest BCUT2D eigenvalue weighted by atomic mass is 28.2. The summed E-state index contributed by atoms with van der Waals surface area (Å²) in [6.45, 7) is 8.22. The number of hydrogen-bond donors (Lipinski definition) is 0. The Balaban J connectivity index is 3.26. The van der Waals surface area contributed by atoms with Crippen LogP contribution in [0.25, 0.3) is 0 Å². The molecule has 0 aliphatic heterocycles. The Morgan fingerprint density at radius 2 is 1.75 bits per heavy atom. The first kappa shape index (κ1) is 12.4. The molecule has 0 rings (SSSR count). The van der Waals surface area contributed by atoms with Crippen LogP contribution in [0, 0.1) is 0 Å². The van der Waals surface area contributed by atoms with E-state index in [1.54, 1.807) is 0 Å². The lowest BCUT2D eigenvalue weighted by atomic mass is 10.4. The zero-order valence-electron chi connectivity index (χ0n) is 8.64. The molecule has 0 aliphatic carbocycles. The van der Waals surface area contributed by atoms with Crippen LogP contribution in [0.2, 0.25) is 11.6 Å². The molecule has 0 fully saturated rings. The fourth-order valence-electron chi connectivity index (χ4n) is 1.08. The van der Waals surface area contributed by atoms with E-state index in [9.17, 15) is 0 Å². The molecule has 0 aromatic carbocycles. The second-order valence-electron chi connectivity index (χ2n) is 2.92. The summed E-state index contributed by atoms with van der Waals surface area (Å²) in [5.74, 6) is 0. The third kappa shape index (κ3) is 7.03. The van der Waals surface area contributed by atoms with Crippen LogP contribution in [-0.4, -0.2) is 32.7 Å². The first-order chi connectivity index (χ1) is 5.85. The maximum atomic E-state index is 5.52. The molecule has 12 heavy (non-hydrogen) atoms. The predicted octanol–water partition coefficient (Wildman–Crippen LogP) is 0.844. The van der Waals surface area contributed by atoms with Crippen LogP contribution in [0.4, 0.5) is 0 Å². The summed E-state index contributed by atoms with van der Waals surface area (Å²) in [4.78, 5) is 0. The molecule has 0 bridgehead atoms. The van der Waals surface area contributed by atoms with Crippen LogP contribution in [-0.2, 0) is 8.85 Å². The first-order valence-corrected chi connectivity index (χ1v) is 7.97. The van der Waals surface area contributed by atoms with E-state index in [1.165, 1.54) is 12.5 Å². The summed E-state index contributed by atoms with van der Waals surface area (Å²) in [6, 6.07) is 1.33. The molecule has 1 atom stereocenters. The van der Waals surface area contributed by atoms with E-state index in [0.717, 1.165) is 18.8 Å². The molecule has 0 heterocycles. The molecule has 0 aromatic heterocycles. The molecule has 0 aliphatic rings.